The van der Waals surface area contributed by atoms with E-state index in [0.29, 0.717) is 36.2 Å². The molecule has 2 aromatic rings. The maximum absolute atomic E-state index is 14.9. The van der Waals surface area contributed by atoms with Crippen molar-refractivity contribution in [1.82, 2.24) is 14.5 Å². The molecule has 2 aromatic heterocycles. The molecule has 5 aliphatic carbocycles. The molecule has 49 heavy (non-hydrogen) atoms. The fourth-order valence-electron chi connectivity index (χ4n) is 11.6. The Morgan fingerprint density at radius 1 is 0.980 bits per heavy atom. The van der Waals surface area contributed by atoms with Crippen molar-refractivity contribution in [3.8, 4) is 17.5 Å². The van der Waals surface area contributed by atoms with Crippen molar-refractivity contribution in [3.63, 3.8) is 0 Å². The maximum atomic E-state index is 14.9. The summed E-state index contributed by atoms with van der Waals surface area (Å²) < 4.78 is 1.57. The van der Waals surface area contributed by atoms with Crippen LogP contribution in [0, 0.1) is 61.6 Å². The molecule has 0 spiro atoms. The molecule has 9 heteroatoms. The Morgan fingerprint density at radius 3 is 2.39 bits per heavy atom. The van der Waals surface area contributed by atoms with Crippen molar-refractivity contribution in [2.45, 2.75) is 93.4 Å². The number of ketones is 2. The monoisotopic (exact) mass is 661 g/mol. The van der Waals surface area contributed by atoms with E-state index in [1.165, 1.54) is 12.5 Å². The van der Waals surface area contributed by atoms with Crippen LogP contribution in [0.4, 0.5) is 0 Å². The lowest BCUT2D eigenvalue weighted by molar-refractivity contribution is -0.164. The predicted molar refractivity (Wildman–Crippen MR) is 184 cm³/mol. The molecule has 5 aliphatic rings. The van der Waals surface area contributed by atoms with E-state index in [2.05, 4.69) is 50.7 Å². The van der Waals surface area contributed by atoms with E-state index in [4.69, 9.17) is 5.73 Å². The van der Waals surface area contributed by atoms with Crippen LogP contribution in [-0.2, 0) is 9.59 Å². The number of nitrogens with zero attached hydrogens (tertiary/aromatic N) is 4. The number of hydrogen-bond donors (Lipinski definition) is 1. The minimum Gasteiger partial charge on any atom is -0.366 e. The molecule has 7 atom stereocenters. The van der Waals surface area contributed by atoms with Crippen LogP contribution in [0.15, 0.2) is 54.2 Å². The summed E-state index contributed by atoms with van der Waals surface area (Å²) >= 11 is 0. The third-order valence-corrected chi connectivity index (χ3v) is 14.4. The zero-order valence-corrected chi connectivity index (χ0v) is 29.7. The van der Waals surface area contributed by atoms with E-state index in [1.54, 1.807) is 22.9 Å². The molecule has 7 rings (SSSR count). The molecule has 3 fully saturated rings. The summed E-state index contributed by atoms with van der Waals surface area (Å²) in [5, 5.41) is 10.0. The first-order chi connectivity index (χ1) is 22.8. The number of carbonyl (C=O) groups is 4. The summed E-state index contributed by atoms with van der Waals surface area (Å²) in [4.78, 5) is 63.8. The molecule has 3 saturated carbocycles. The van der Waals surface area contributed by atoms with Crippen molar-refractivity contribution >= 4 is 23.4 Å². The van der Waals surface area contributed by atoms with Crippen LogP contribution in [0.2, 0.25) is 0 Å². The van der Waals surface area contributed by atoms with Gasteiger partial charge in [-0.15, -0.1) is 0 Å². The fraction of sp³-hybridized carbons (Fsp3) is 0.575. The van der Waals surface area contributed by atoms with Gasteiger partial charge in [0.2, 0.25) is 11.8 Å². The highest BCUT2D eigenvalue weighted by molar-refractivity contribution is 6.05. The van der Waals surface area contributed by atoms with Crippen molar-refractivity contribution in [1.29, 1.82) is 5.26 Å². The molecule has 2 heterocycles. The molecule has 0 aliphatic heterocycles. The fourth-order valence-corrected chi connectivity index (χ4v) is 11.6. The summed E-state index contributed by atoms with van der Waals surface area (Å²) in [5.41, 5.74) is 5.07. The number of Topliss-reactive ketones (excluding diaryl/α,β-unsaturated/α-hetero) is 1. The molecule has 0 aromatic carbocycles. The van der Waals surface area contributed by atoms with Crippen molar-refractivity contribution in [2.75, 3.05) is 0 Å². The molecule has 0 saturated heterocycles. The van der Waals surface area contributed by atoms with Gasteiger partial charge in [-0.2, -0.15) is 5.26 Å². The van der Waals surface area contributed by atoms with Gasteiger partial charge in [0.15, 0.2) is 11.6 Å². The number of rotatable bonds is 3. The summed E-state index contributed by atoms with van der Waals surface area (Å²) in [6, 6.07) is 5.30. The van der Waals surface area contributed by atoms with Crippen LogP contribution in [0.3, 0.4) is 0 Å². The van der Waals surface area contributed by atoms with Crippen LogP contribution >= 0.6 is 0 Å². The highest BCUT2D eigenvalue weighted by atomic mass is 16.2. The quantitative estimate of drug-likeness (QED) is 0.376. The van der Waals surface area contributed by atoms with Crippen molar-refractivity contribution < 1.29 is 19.2 Å². The van der Waals surface area contributed by atoms with Crippen LogP contribution in [-0.4, -0.2) is 37.9 Å². The average Bonchev–Trinajstić information content (AvgIpc) is 3.54. The first kappa shape index (κ1) is 33.3. The van der Waals surface area contributed by atoms with Crippen LogP contribution < -0.4 is 5.73 Å². The lowest BCUT2D eigenvalue weighted by atomic mass is 9.34. The first-order valence-electron chi connectivity index (χ1n) is 17.6. The van der Waals surface area contributed by atoms with Gasteiger partial charge in [-0.05, 0) is 91.2 Å². The number of allylic oxidation sites excluding steroid dienone is 4. The Kier molecular flexibility index (Phi) is 7.08. The molecular formula is C40H47N5O4. The number of aromatic nitrogens is 3. The summed E-state index contributed by atoms with van der Waals surface area (Å²) in [7, 11) is 0. The van der Waals surface area contributed by atoms with Crippen LogP contribution in [0.25, 0.3) is 11.4 Å². The minimum atomic E-state index is -0.744. The average molecular weight is 662 g/mol. The van der Waals surface area contributed by atoms with E-state index >= 15 is 0 Å². The van der Waals surface area contributed by atoms with E-state index in [1.807, 2.05) is 26.0 Å². The molecular weight excluding hydrogens is 614 g/mol. The topological polar surface area (TPSA) is 149 Å². The van der Waals surface area contributed by atoms with E-state index in [-0.39, 0.29) is 51.6 Å². The second-order valence-corrected chi connectivity index (χ2v) is 17.7. The standard InChI is InChI=1S/C40H47N5O4/c1-35(2)11-13-40(34(49)45-21-27(44-22-45)26-16-23(33(42)48)9-15-43-26)14-12-39(7)31(25(40)19-35)28(46)17-30-37(5)18-24(20-41)32(47)36(3,4)29(37)8-10-38(30,39)6/h9,15-18,21-22,25,29,31H,8,10-14,19H2,1-7H3,(H2,42,48)/t25?,29?,31-,37-,38+,39+,40-/m0/s1. The minimum absolute atomic E-state index is 0.0247. The van der Waals surface area contributed by atoms with Gasteiger partial charge >= 0.3 is 0 Å². The summed E-state index contributed by atoms with van der Waals surface area (Å²) in [6.45, 7) is 15.1. The zero-order chi connectivity index (χ0) is 35.5. The normalized spacial score (nSPS) is 37.3. The SMILES string of the molecule is CC1(C)CC[C@]2(C(=O)n3cnc(-c4cc(C(N)=O)ccn4)c3)CC[C@]3(C)[C@H](C(=O)C=C4[C@@]5(C)C=C(C#N)C(=O)C(C)(C)C5CC[C@]43C)C2C1. The smallest absolute Gasteiger partial charge is 0.248 e. The summed E-state index contributed by atoms with van der Waals surface area (Å²) in [6.07, 6.45) is 13.8. The Bertz CT molecular complexity index is 1940. The summed E-state index contributed by atoms with van der Waals surface area (Å²) in [5.74, 6) is -1.21. The second kappa shape index (κ2) is 10.4. The highest BCUT2D eigenvalue weighted by Gasteiger charge is 2.71. The first-order valence-corrected chi connectivity index (χ1v) is 17.6. The van der Waals surface area contributed by atoms with Gasteiger partial charge in [-0.3, -0.25) is 28.7 Å². The molecule has 2 N–H and O–H groups in total. The van der Waals surface area contributed by atoms with Gasteiger partial charge < -0.3 is 5.73 Å². The van der Waals surface area contributed by atoms with Gasteiger partial charge in [0.1, 0.15) is 18.1 Å². The zero-order valence-electron chi connectivity index (χ0n) is 29.7. The molecule has 0 radical (unpaired) electrons. The molecule has 0 bridgehead atoms. The molecule has 1 amide bonds. The van der Waals surface area contributed by atoms with Crippen molar-refractivity contribution in [3.05, 3.63) is 59.7 Å². The lowest BCUT2D eigenvalue weighted by Crippen LogP contribution is -2.66. The Hall–Kier alpha value is -4.19. The van der Waals surface area contributed by atoms with E-state index in [9.17, 15) is 24.4 Å². The number of nitrogens with two attached hydrogens (primary N) is 1. The van der Waals surface area contributed by atoms with E-state index < -0.39 is 27.6 Å². The Morgan fingerprint density at radius 2 is 1.69 bits per heavy atom. The van der Waals surface area contributed by atoms with Crippen LogP contribution in [0.5, 0.6) is 0 Å². The third kappa shape index (κ3) is 4.41. The lowest BCUT2D eigenvalue weighted by Gasteiger charge is -2.69. The van der Waals surface area contributed by atoms with E-state index in [0.717, 1.165) is 31.3 Å². The number of nitriles is 1. The number of carbonyl (C=O) groups excluding carboxylic acids is 4. The Balaban J connectivity index is 1.32. The number of hydrogen-bond acceptors (Lipinski definition) is 7. The molecule has 256 valence electrons. The number of imidazole rings is 1. The number of fused-ring (bicyclic) bond motifs is 7. The third-order valence-electron chi connectivity index (χ3n) is 14.4. The second-order valence-electron chi connectivity index (χ2n) is 17.7. The van der Waals surface area contributed by atoms with Gasteiger partial charge in [0.25, 0.3) is 0 Å². The molecule has 2 unspecified atom stereocenters. The number of primary amides is 1. The highest BCUT2D eigenvalue weighted by Crippen LogP contribution is 2.74. The van der Waals surface area contributed by atoms with Gasteiger partial charge in [-0.1, -0.05) is 60.1 Å². The number of amides is 1. The van der Waals surface area contributed by atoms with Crippen molar-refractivity contribution in [2.24, 2.45) is 56.0 Å². The Labute approximate surface area is 288 Å². The number of pyridine rings is 1. The van der Waals surface area contributed by atoms with Gasteiger partial charge in [-0.25, -0.2) is 4.98 Å². The van der Waals surface area contributed by atoms with Crippen LogP contribution in [0.1, 0.15) is 109 Å². The van der Waals surface area contributed by atoms with Gasteiger partial charge in [0.05, 0.1) is 16.7 Å². The molecule has 9 nitrogen and oxygen atoms in total. The largest absolute Gasteiger partial charge is 0.366 e. The predicted octanol–water partition coefficient (Wildman–Crippen LogP) is 6.90. The van der Waals surface area contributed by atoms with Gasteiger partial charge in [0, 0.05) is 34.7 Å². The maximum Gasteiger partial charge on any atom is 0.248 e.